The van der Waals surface area contributed by atoms with Gasteiger partial charge in [0.1, 0.15) is 5.02 Å². The van der Waals surface area contributed by atoms with Gasteiger partial charge in [0.2, 0.25) is 0 Å². The van der Waals surface area contributed by atoms with Gasteiger partial charge in [-0.2, -0.15) is 4.98 Å². The van der Waals surface area contributed by atoms with E-state index in [1.807, 2.05) is 0 Å². The lowest BCUT2D eigenvalue weighted by molar-refractivity contribution is 0.303. The molecule has 0 saturated heterocycles. The summed E-state index contributed by atoms with van der Waals surface area (Å²) in [4.78, 5) is 10.5. The molecule has 1 aromatic heterocycles. The number of hydrogen-bond acceptors (Lipinski definition) is 5. The first-order valence-electron chi connectivity index (χ1n) is 6.24. The molecule has 0 saturated carbocycles. The van der Waals surface area contributed by atoms with Gasteiger partial charge in [-0.25, -0.2) is 4.98 Å². The highest BCUT2D eigenvalue weighted by Crippen LogP contribution is 2.19. The summed E-state index contributed by atoms with van der Waals surface area (Å²) in [7, 11) is 1.54. The molecule has 0 aliphatic rings. The van der Waals surface area contributed by atoms with Gasteiger partial charge in [-0.15, -0.1) is 0 Å². The number of nitrogens with zero attached hydrogens (tertiary/aromatic N) is 3. The molecule has 0 aliphatic carbocycles. The van der Waals surface area contributed by atoms with Gasteiger partial charge in [0.05, 0.1) is 13.3 Å². The number of nitrogens with one attached hydrogen (secondary N) is 1. The molecule has 0 aromatic carbocycles. The number of rotatable bonds is 8. The van der Waals surface area contributed by atoms with E-state index < -0.39 is 0 Å². The normalized spacial score (nSPS) is 10.7. The van der Waals surface area contributed by atoms with E-state index in [0.717, 1.165) is 32.6 Å². The van der Waals surface area contributed by atoms with Gasteiger partial charge in [-0.05, 0) is 26.1 Å². The number of hydrogen-bond donors (Lipinski definition) is 1. The third kappa shape index (κ3) is 4.66. The minimum atomic E-state index is 0.325. The fraction of sp³-hybridized carbons (Fsp3) is 0.667. The summed E-state index contributed by atoms with van der Waals surface area (Å²) in [6.07, 6.45) is 2.59. The molecular formula is C12H21ClN4O. The van der Waals surface area contributed by atoms with Crippen molar-refractivity contribution < 1.29 is 4.74 Å². The molecule has 0 atom stereocenters. The Labute approximate surface area is 114 Å². The van der Waals surface area contributed by atoms with Gasteiger partial charge in [0.15, 0.2) is 5.82 Å². The quantitative estimate of drug-likeness (QED) is 0.736. The highest BCUT2D eigenvalue weighted by molar-refractivity contribution is 6.32. The van der Waals surface area contributed by atoms with E-state index in [9.17, 15) is 0 Å². The maximum Gasteiger partial charge on any atom is 0.318 e. The monoisotopic (exact) mass is 272 g/mol. The van der Waals surface area contributed by atoms with E-state index in [0.29, 0.717) is 16.9 Å². The summed E-state index contributed by atoms with van der Waals surface area (Å²) in [5.74, 6) is 0.628. The van der Waals surface area contributed by atoms with Crippen LogP contribution in [0.15, 0.2) is 6.20 Å². The van der Waals surface area contributed by atoms with Crippen LogP contribution in [0, 0.1) is 0 Å². The number of halogens is 1. The highest BCUT2D eigenvalue weighted by Gasteiger charge is 2.05. The third-order valence-electron chi connectivity index (χ3n) is 2.74. The first-order chi connectivity index (χ1) is 8.71. The molecule has 6 heteroatoms. The SMILES string of the molecule is CCN(CC)CCCNc1nc(OC)ncc1Cl. The summed E-state index contributed by atoms with van der Waals surface area (Å²) in [6, 6.07) is 0.325. The zero-order valence-electron chi connectivity index (χ0n) is 11.2. The lowest BCUT2D eigenvalue weighted by Crippen LogP contribution is -2.25. The van der Waals surface area contributed by atoms with Crippen molar-refractivity contribution in [3.63, 3.8) is 0 Å². The third-order valence-corrected chi connectivity index (χ3v) is 3.02. The second kappa shape index (κ2) is 8.11. The van der Waals surface area contributed by atoms with E-state index >= 15 is 0 Å². The van der Waals surface area contributed by atoms with Gasteiger partial charge < -0.3 is 15.0 Å². The van der Waals surface area contributed by atoms with Crippen LogP contribution < -0.4 is 10.1 Å². The molecular weight excluding hydrogens is 252 g/mol. The van der Waals surface area contributed by atoms with Crippen molar-refractivity contribution in [1.29, 1.82) is 0 Å². The zero-order chi connectivity index (χ0) is 13.4. The number of methoxy groups -OCH3 is 1. The van der Waals surface area contributed by atoms with Gasteiger partial charge in [-0.1, -0.05) is 25.4 Å². The Hall–Kier alpha value is -1.07. The van der Waals surface area contributed by atoms with Gasteiger partial charge >= 0.3 is 6.01 Å². The lowest BCUT2D eigenvalue weighted by Gasteiger charge is -2.17. The van der Waals surface area contributed by atoms with Crippen molar-refractivity contribution in [2.45, 2.75) is 20.3 Å². The zero-order valence-corrected chi connectivity index (χ0v) is 12.0. The van der Waals surface area contributed by atoms with Crippen molar-refractivity contribution in [3.8, 4) is 6.01 Å². The average molecular weight is 273 g/mol. The molecule has 1 rings (SSSR count). The molecule has 1 N–H and O–H groups in total. The first-order valence-corrected chi connectivity index (χ1v) is 6.61. The smallest absolute Gasteiger partial charge is 0.318 e. The molecule has 5 nitrogen and oxygen atoms in total. The molecule has 0 radical (unpaired) electrons. The molecule has 1 heterocycles. The Balaban J connectivity index is 2.39. The van der Waals surface area contributed by atoms with Gasteiger partial charge in [0, 0.05) is 6.54 Å². The van der Waals surface area contributed by atoms with E-state index in [1.54, 1.807) is 6.20 Å². The van der Waals surface area contributed by atoms with Crippen molar-refractivity contribution in [2.75, 3.05) is 38.6 Å². The highest BCUT2D eigenvalue weighted by atomic mass is 35.5. The van der Waals surface area contributed by atoms with E-state index in [1.165, 1.54) is 7.11 Å². The van der Waals surface area contributed by atoms with Crippen LogP contribution >= 0.6 is 11.6 Å². The summed E-state index contributed by atoms with van der Waals surface area (Å²) in [5, 5.41) is 3.71. The van der Waals surface area contributed by atoms with Crippen LogP contribution in [0.4, 0.5) is 5.82 Å². The lowest BCUT2D eigenvalue weighted by atomic mass is 10.3. The Morgan fingerprint density at radius 3 is 2.72 bits per heavy atom. The Bertz CT molecular complexity index is 358. The number of aromatic nitrogens is 2. The first kappa shape index (κ1) is 15.0. The van der Waals surface area contributed by atoms with Crippen LogP contribution in [-0.4, -0.2) is 48.2 Å². The molecule has 0 aliphatic heterocycles. The minimum Gasteiger partial charge on any atom is -0.467 e. The van der Waals surface area contributed by atoms with Crippen molar-refractivity contribution in [2.24, 2.45) is 0 Å². The molecule has 102 valence electrons. The molecule has 0 fully saturated rings. The molecule has 0 bridgehead atoms. The second-order valence-electron chi connectivity index (χ2n) is 3.86. The maximum atomic E-state index is 6.00. The Morgan fingerprint density at radius 2 is 2.11 bits per heavy atom. The predicted octanol–water partition coefficient (Wildman–Crippen LogP) is 2.28. The molecule has 0 spiro atoms. The predicted molar refractivity (Wildman–Crippen MR) is 74.5 cm³/mol. The fourth-order valence-corrected chi connectivity index (χ4v) is 1.78. The fourth-order valence-electron chi connectivity index (χ4n) is 1.62. The summed E-state index contributed by atoms with van der Waals surface area (Å²) >= 11 is 6.00. The maximum absolute atomic E-state index is 6.00. The minimum absolute atomic E-state index is 0.325. The topological polar surface area (TPSA) is 50.3 Å². The summed E-state index contributed by atoms with van der Waals surface area (Å²) in [5.41, 5.74) is 0. The van der Waals surface area contributed by atoms with Crippen molar-refractivity contribution >= 4 is 17.4 Å². The van der Waals surface area contributed by atoms with Crippen LogP contribution in [0.3, 0.4) is 0 Å². The second-order valence-corrected chi connectivity index (χ2v) is 4.27. The van der Waals surface area contributed by atoms with Crippen LogP contribution in [0.2, 0.25) is 5.02 Å². The molecule has 18 heavy (non-hydrogen) atoms. The van der Waals surface area contributed by atoms with Crippen molar-refractivity contribution in [1.82, 2.24) is 14.9 Å². The van der Waals surface area contributed by atoms with Crippen LogP contribution in [-0.2, 0) is 0 Å². The molecule has 0 unspecified atom stereocenters. The van der Waals surface area contributed by atoms with Crippen LogP contribution in [0.25, 0.3) is 0 Å². The average Bonchev–Trinajstić information content (AvgIpc) is 2.41. The molecule has 0 amide bonds. The summed E-state index contributed by atoms with van der Waals surface area (Å²) in [6.45, 7) is 8.40. The Kier molecular flexibility index (Phi) is 6.75. The molecule has 1 aromatic rings. The van der Waals surface area contributed by atoms with E-state index in [4.69, 9.17) is 16.3 Å². The van der Waals surface area contributed by atoms with Crippen LogP contribution in [0.1, 0.15) is 20.3 Å². The van der Waals surface area contributed by atoms with E-state index in [-0.39, 0.29) is 0 Å². The number of ether oxygens (including phenoxy) is 1. The number of anilines is 1. The van der Waals surface area contributed by atoms with Gasteiger partial charge in [0.25, 0.3) is 0 Å². The van der Waals surface area contributed by atoms with Gasteiger partial charge in [-0.3, -0.25) is 0 Å². The van der Waals surface area contributed by atoms with E-state index in [2.05, 4.69) is 34.0 Å². The Morgan fingerprint density at radius 1 is 1.39 bits per heavy atom. The van der Waals surface area contributed by atoms with Crippen LogP contribution in [0.5, 0.6) is 6.01 Å². The van der Waals surface area contributed by atoms with Crippen molar-refractivity contribution in [3.05, 3.63) is 11.2 Å². The standard InChI is InChI=1S/C12H21ClN4O/c1-4-17(5-2)8-6-7-14-11-10(13)9-15-12(16-11)18-3/h9H,4-8H2,1-3H3,(H,14,15,16). The summed E-state index contributed by atoms with van der Waals surface area (Å²) < 4.78 is 4.96. The largest absolute Gasteiger partial charge is 0.467 e.